The number of carboxylic acids is 1. The first-order valence-corrected chi connectivity index (χ1v) is 14.3. The third-order valence-corrected chi connectivity index (χ3v) is 10.2. The lowest BCUT2D eigenvalue weighted by Gasteiger charge is -2.53. The van der Waals surface area contributed by atoms with Crippen LogP contribution in [0.15, 0.2) is 18.2 Å². The first kappa shape index (κ1) is 24.9. The van der Waals surface area contributed by atoms with Crippen molar-refractivity contribution < 1.29 is 20.1 Å². The number of aliphatic hydroxyl groups excluding tert-OH is 1. The summed E-state index contributed by atoms with van der Waals surface area (Å²) in [5, 5.41) is 29.6. The molecule has 4 nitrogen and oxygen atoms in total. The summed E-state index contributed by atoms with van der Waals surface area (Å²) in [4.78, 5) is 10.6. The molecule has 3 aliphatic carbocycles. The van der Waals surface area contributed by atoms with Crippen LogP contribution in [0.25, 0.3) is 0 Å². The van der Waals surface area contributed by atoms with Crippen LogP contribution < -0.4 is 0 Å². The third-order valence-electron chi connectivity index (χ3n) is 9.16. The second kappa shape index (κ2) is 11.0. The molecule has 0 aromatic heterocycles. The minimum atomic E-state index is -0.698. The van der Waals surface area contributed by atoms with Gasteiger partial charge in [0.05, 0.1) is 12.5 Å². The molecule has 0 spiro atoms. The van der Waals surface area contributed by atoms with Crippen LogP contribution in [-0.4, -0.2) is 38.9 Å². The van der Waals surface area contributed by atoms with E-state index in [0.717, 1.165) is 30.8 Å². The second-order valence-electron chi connectivity index (χ2n) is 11.1. The Hall–Kier alpha value is -1.20. The lowest BCUT2D eigenvalue weighted by atomic mass is 9.52. The van der Waals surface area contributed by atoms with E-state index in [-0.39, 0.29) is 17.9 Å². The number of carboxylic acid groups (broad SMARTS) is 1. The van der Waals surface area contributed by atoms with Crippen molar-refractivity contribution >= 4 is 17.7 Å². The van der Waals surface area contributed by atoms with Crippen molar-refractivity contribution in [3.05, 3.63) is 29.3 Å². The van der Waals surface area contributed by atoms with Crippen LogP contribution >= 0.6 is 11.8 Å². The van der Waals surface area contributed by atoms with Gasteiger partial charge in [-0.2, -0.15) is 11.8 Å². The fraction of sp³-hybridized carbons (Fsp3) is 0.750. The number of benzene rings is 1. The number of aliphatic hydroxyl groups is 1. The molecule has 184 valence electrons. The van der Waals surface area contributed by atoms with Gasteiger partial charge < -0.3 is 15.3 Å². The zero-order valence-corrected chi connectivity index (χ0v) is 21.0. The average Bonchev–Trinajstić information content (AvgIpc) is 3.08. The molecule has 3 N–H and O–H groups in total. The predicted molar refractivity (Wildman–Crippen MR) is 135 cm³/mol. The molecule has 0 amide bonds. The van der Waals surface area contributed by atoms with Gasteiger partial charge in [0, 0.05) is 5.75 Å². The van der Waals surface area contributed by atoms with Crippen molar-refractivity contribution in [1.29, 1.82) is 0 Å². The Kier molecular flexibility index (Phi) is 8.32. The molecule has 1 aromatic carbocycles. The molecule has 0 heterocycles. The Morgan fingerprint density at radius 2 is 1.88 bits per heavy atom. The second-order valence-corrected chi connectivity index (χ2v) is 12.3. The van der Waals surface area contributed by atoms with Crippen molar-refractivity contribution in [1.82, 2.24) is 0 Å². The van der Waals surface area contributed by atoms with Crippen molar-refractivity contribution in [3.8, 4) is 5.75 Å². The normalized spacial score (nSPS) is 32.7. The van der Waals surface area contributed by atoms with E-state index in [1.807, 2.05) is 12.1 Å². The molecule has 1 aromatic rings. The molecule has 33 heavy (non-hydrogen) atoms. The number of hydrogen-bond acceptors (Lipinski definition) is 4. The van der Waals surface area contributed by atoms with Gasteiger partial charge in [0.1, 0.15) is 5.75 Å². The standard InChI is InChI=1S/C28H42O4S/c1-28-14-12-23-22-9-8-21(29)18-20(22)17-19(27(23)24(28)10-11-25(28)30)7-5-3-2-4-6-15-33-16-13-26(31)32/h8-9,18-19,23-25,27,29-30H,2-7,10-17H2,1H3,(H,31,32)/t19-,23?,24?,25+,27?,28+/m1/s1. The van der Waals surface area contributed by atoms with Crippen LogP contribution in [0.5, 0.6) is 5.75 Å². The minimum absolute atomic E-state index is 0.0894. The number of unbranched alkanes of at least 4 members (excludes halogenated alkanes) is 4. The number of carbonyl (C=O) groups is 1. The zero-order chi connectivity index (χ0) is 23.4. The van der Waals surface area contributed by atoms with Gasteiger partial charge in [-0.3, -0.25) is 4.79 Å². The summed E-state index contributed by atoms with van der Waals surface area (Å²) in [6.07, 6.45) is 13.1. The maximum Gasteiger partial charge on any atom is 0.304 e. The highest BCUT2D eigenvalue weighted by Crippen LogP contribution is 2.62. The van der Waals surface area contributed by atoms with E-state index in [4.69, 9.17) is 5.11 Å². The Morgan fingerprint density at radius 1 is 1.09 bits per heavy atom. The Balaban J connectivity index is 1.31. The molecule has 2 fully saturated rings. The molecule has 5 heteroatoms. The summed E-state index contributed by atoms with van der Waals surface area (Å²) in [6, 6.07) is 6.06. The van der Waals surface area contributed by atoms with Crippen LogP contribution in [-0.2, 0) is 11.2 Å². The van der Waals surface area contributed by atoms with Gasteiger partial charge in [-0.05, 0) is 103 Å². The number of hydrogen-bond donors (Lipinski definition) is 3. The highest BCUT2D eigenvalue weighted by atomic mass is 32.2. The molecular weight excluding hydrogens is 432 g/mol. The van der Waals surface area contributed by atoms with Crippen molar-refractivity contribution in [2.45, 2.75) is 96.0 Å². The molecule has 2 saturated carbocycles. The highest BCUT2D eigenvalue weighted by Gasteiger charge is 2.56. The topological polar surface area (TPSA) is 77.8 Å². The quantitative estimate of drug-likeness (QED) is 0.324. The first-order chi connectivity index (χ1) is 15.9. The Labute approximate surface area is 203 Å². The third kappa shape index (κ3) is 5.56. The molecule has 0 aliphatic heterocycles. The summed E-state index contributed by atoms with van der Waals surface area (Å²) >= 11 is 1.76. The summed E-state index contributed by atoms with van der Waals surface area (Å²) in [7, 11) is 0. The molecule has 4 rings (SSSR count). The van der Waals surface area contributed by atoms with Crippen LogP contribution in [0.1, 0.15) is 94.6 Å². The number of phenols is 1. The lowest BCUT2D eigenvalue weighted by molar-refractivity contribution is -0.136. The minimum Gasteiger partial charge on any atom is -0.508 e. The summed E-state index contributed by atoms with van der Waals surface area (Å²) in [5.74, 6) is 4.04. The largest absolute Gasteiger partial charge is 0.508 e. The Bertz CT molecular complexity index is 811. The summed E-state index contributed by atoms with van der Waals surface area (Å²) in [6.45, 7) is 2.35. The van der Waals surface area contributed by atoms with Crippen LogP contribution in [0.4, 0.5) is 0 Å². The maximum atomic E-state index is 10.8. The van der Waals surface area contributed by atoms with E-state index in [0.29, 0.717) is 29.4 Å². The van der Waals surface area contributed by atoms with E-state index in [1.165, 1.54) is 62.5 Å². The Morgan fingerprint density at radius 3 is 2.70 bits per heavy atom. The zero-order valence-electron chi connectivity index (χ0n) is 20.2. The highest BCUT2D eigenvalue weighted by molar-refractivity contribution is 7.99. The van der Waals surface area contributed by atoms with Crippen molar-refractivity contribution in [3.63, 3.8) is 0 Å². The molecular formula is C28H42O4S. The SMILES string of the molecule is C[C@]12CCC3c4ccc(O)cc4C[C@@H](CCCCCCCSCCC(=O)O)C3C1CC[C@@H]2O. The maximum absolute atomic E-state index is 10.8. The summed E-state index contributed by atoms with van der Waals surface area (Å²) < 4.78 is 0. The smallest absolute Gasteiger partial charge is 0.304 e. The van der Waals surface area contributed by atoms with Crippen LogP contribution in [0.3, 0.4) is 0 Å². The fourth-order valence-corrected chi connectivity index (χ4v) is 8.36. The van der Waals surface area contributed by atoms with E-state index >= 15 is 0 Å². The summed E-state index contributed by atoms with van der Waals surface area (Å²) in [5.41, 5.74) is 2.92. The molecule has 0 bridgehead atoms. The molecule has 6 atom stereocenters. The lowest BCUT2D eigenvalue weighted by Crippen LogP contribution is -2.47. The van der Waals surface area contributed by atoms with Gasteiger partial charge in [0.15, 0.2) is 0 Å². The molecule has 0 saturated heterocycles. The number of phenolic OH excluding ortho intramolecular Hbond substituents is 1. The molecule has 0 radical (unpaired) electrons. The van der Waals surface area contributed by atoms with Gasteiger partial charge in [-0.1, -0.05) is 38.7 Å². The number of thioether (sulfide) groups is 1. The van der Waals surface area contributed by atoms with E-state index < -0.39 is 5.97 Å². The number of aromatic hydroxyl groups is 1. The van der Waals surface area contributed by atoms with Gasteiger partial charge in [0.2, 0.25) is 0 Å². The van der Waals surface area contributed by atoms with Crippen molar-refractivity contribution in [2.24, 2.45) is 23.2 Å². The van der Waals surface area contributed by atoms with Crippen LogP contribution in [0, 0.1) is 23.2 Å². The van der Waals surface area contributed by atoms with Gasteiger partial charge >= 0.3 is 5.97 Å². The molecule has 3 unspecified atom stereocenters. The van der Waals surface area contributed by atoms with Crippen LogP contribution in [0.2, 0.25) is 0 Å². The van der Waals surface area contributed by atoms with Crippen molar-refractivity contribution in [2.75, 3.05) is 11.5 Å². The first-order valence-electron chi connectivity index (χ1n) is 13.2. The van der Waals surface area contributed by atoms with E-state index in [2.05, 4.69) is 13.0 Å². The fourth-order valence-electron chi connectivity index (χ4n) is 7.43. The number of rotatable bonds is 11. The van der Waals surface area contributed by atoms with E-state index in [9.17, 15) is 15.0 Å². The molecule has 3 aliphatic rings. The number of fused-ring (bicyclic) bond motifs is 5. The average molecular weight is 475 g/mol. The van der Waals surface area contributed by atoms with E-state index in [1.54, 1.807) is 11.8 Å². The number of aliphatic carboxylic acids is 1. The van der Waals surface area contributed by atoms with Gasteiger partial charge in [-0.25, -0.2) is 0 Å². The van der Waals surface area contributed by atoms with Gasteiger partial charge in [0.25, 0.3) is 0 Å². The van der Waals surface area contributed by atoms with Gasteiger partial charge in [-0.15, -0.1) is 0 Å². The predicted octanol–water partition coefficient (Wildman–Crippen LogP) is 6.38. The monoisotopic (exact) mass is 474 g/mol.